The quantitative estimate of drug-likeness (QED) is 0.345. The summed E-state index contributed by atoms with van der Waals surface area (Å²) in [6.45, 7) is 0. The van der Waals surface area contributed by atoms with Crippen molar-refractivity contribution in [2.45, 2.75) is 0 Å². The van der Waals surface area contributed by atoms with Crippen LogP contribution in [0.4, 0.5) is 0 Å². The van der Waals surface area contributed by atoms with E-state index in [1.165, 1.54) is 19.4 Å². The van der Waals surface area contributed by atoms with Gasteiger partial charge in [-0.3, -0.25) is 0 Å². The molecule has 0 spiro atoms. The van der Waals surface area contributed by atoms with Crippen molar-refractivity contribution >= 4 is 0 Å². The summed E-state index contributed by atoms with van der Waals surface area (Å²) in [5.74, 6) is 0. The zero-order valence-electron chi connectivity index (χ0n) is 3.51. The van der Waals surface area contributed by atoms with Crippen LogP contribution in [0.25, 0.3) is 0 Å². The van der Waals surface area contributed by atoms with Crippen LogP contribution in [0.3, 0.4) is 0 Å². The van der Waals surface area contributed by atoms with Crippen LogP contribution in [-0.4, -0.2) is 7.11 Å². The molecule has 0 fully saturated rings. The molecule has 0 atom stereocenters. The topological polar surface area (TPSA) is 33.0 Å². The second-order valence-electron chi connectivity index (χ2n) is 0.668. The Morgan fingerprint density at radius 2 is 2.50 bits per heavy atom. The van der Waals surface area contributed by atoms with Gasteiger partial charge in [0.1, 0.15) is 0 Å². The lowest BCUT2D eigenvalue weighted by Crippen LogP contribution is -1.59. The van der Waals surface area contributed by atoms with Crippen LogP contribution in [0.1, 0.15) is 0 Å². The maximum Gasteiger partial charge on any atom is 0.0944 e. The lowest BCUT2D eigenvalue weighted by molar-refractivity contribution is 0.338. The average Bonchev–Trinajstić information content (AvgIpc) is 1.61. The molecule has 0 aliphatic rings. The van der Waals surface area contributed by atoms with Crippen LogP contribution in [-0.2, 0) is 4.74 Å². The zero-order valence-corrected chi connectivity index (χ0v) is 3.51. The van der Waals surface area contributed by atoms with Crippen LogP contribution in [0.2, 0.25) is 0 Å². The molecule has 0 rings (SSSR count). The molecule has 2 nitrogen and oxygen atoms in total. The molecule has 0 aliphatic carbocycles. The number of hydrogen-bond donors (Lipinski definition) is 0. The maximum absolute atomic E-state index is 7.78. The fourth-order valence-electron chi connectivity index (χ4n) is 0.0985. The van der Waals surface area contributed by atoms with Crippen molar-refractivity contribution in [3.8, 4) is 6.07 Å². The predicted molar refractivity (Wildman–Crippen MR) is 21.8 cm³/mol. The molecule has 0 unspecified atom stereocenters. The molecule has 2 heteroatoms. The van der Waals surface area contributed by atoms with Gasteiger partial charge in [0, 0.05) is 0 Å². The van der Waals surface area contributed by atoms with Gasteiger partial charge in [-0.05, 0) is 0 Å². The molecular weight excluding hydrogens is 78.0 g/mol. The zero-order chi connectivity index (χ0) is 4.83. The van der Waals surface area contributed by atoms with E-state index in [9.17, 15) is 0 Å². The Morgan fingerprint density at radius 1 is 1.83 bits per heavy atom. The summed E-state index contributed by atoms with van der Waals surface area (Å²) in [7, 11) is 1.49. The number of rotatable bonds is 1. The Bertz CT molecular complexity index is 80.0. The fourth-order valence-corrected chi connectivity index (χ4v) is 0.0985. The summed E-state index contributed by atoms with van der Waals surface area (Å²) >= 11 is 0. The highest BCUT2D eigenvalue weighted by molar-refractivity contribution is 4.97. The standard InChI is InChI=1S/C4H5NO/c1-6-4-2-3-5/h2,4H,1H3/b4-2+. The second-order valence-corrected chi connectivity index (χ2v) is 0.668. The van der Waals surface area contributed by atoms with Crippen LogP contribution in [0.15, 0.2) is 12.3 Å². The number of methoxy groups -OCH3 is 1. The van der Waals surface area contributed by atoms with E-state index in [1.54, 1.807) is 6.07 Å². The molecule has 6 heavy (non-hydrogen) atoms. The van der Waals surface area contributed by atoms with E-state index in [0.717, 1.165) is 0 Å². The van der Waals surface area contributed by atoms with Crippen molar-refractivity contribution in [2.24, 2.45) is 0 Å². The van der Waals surface area contributed by atoms with E-state index in [0.29, 0.717) is 0 Å². The molecule has 0 saturated carbocycles. The van der Waals surface area contributed by atoms with Gasteiger partial charge in [-0.1, -0.05) is 0 Å². The Morgan fingerprint density at radius 3 is 2.67 bits per heavy atom. The Hall–Kier alpha value is -0.970. The SMILES string of the molecule is CO/C=C/C#N. The van der Waals surface area contributed by atoms with E-state index in [2.05, 4.69) is 4.74 Å². The van der Waals surface area contributed by atoms with E-state index in [1.807, 2.05) is 0 Å². The number of nitrogens with zero attached hydrogens (tertiary/aromatic N) is 1. The number of allylic oxidation sites excluding steroid dienone is 1. The van der Waals surface area contributed by atoms with Gasteiger partial charge in [0.25, 0.3) is 0 Å². The highest BCUT2D eigenvalue weighted by atomic mass is 16.5. The van der Waals surface area contributed by atoms with Crippen molar-refractivity contribution in [3.63, 3.8) is 0 Å². The van der Waals surface area contributed by atoms with Gasteiger partial charge in [0.05, 0.1) is 25.5 Å². The smallest absolute Gasteiger partial charge is 0.0944 e. The summed E-state index contributed by atoms with van der Waals surface area (Å²) in [5, 5.41) is 7.78. The lowest BCUT2D eigenvalue weighted by Gasteiger charge is -1.75. The van der Waals surface area contributed by atoms with E-state index >= 15 is 0 Å². The molecular formula is C4H5NO. The largest absolute Gasteiger partial charge is 0.504 e. The highest BCUT2D eigenvalue weighted by Crippen LogP contribution is 1.64. The lowest BCUT2D eigenvalue weighted by atomic mass is 10.7. The summed E-state index contributed by atoms with van der Waals surface area (Å²) < 4.78 is 4.38. The van der Waals surface area contributed by atoms with Crippen LogP contribution in [0.5, 0.6) is 0 Å². The third kappa shape index (κ3) is 3.03. The third-order valence-corrected chi connectivity index (χ3v) is 0.279. The van der Waals surface area contributed by atoms with Gasteiger partial charge in [-0.2, -0.15) is 5.26 Å². The summed E-state index contributed by atoms with van der Waals surface area (Å²) in [4.78, 5) is 0. The third-order valence-electron chi connectivity index (χ3n) is 0.279. The molecule has 0 aromatic carbocycles. The molecule has 0 N–H and O–H groups in total. The minimum Gasteiger partial charge on any atom is -0.504 e. The van der Waals surface area contributed by atoms with Crippen molar-refractivity contribution in [2.75, 3.05) is 7.11 Å². The number of nitriles is 1. The Kier molecular flexibility index (Phi) is 3.38. The second kappa shape index (κ2) is 4.03. The monoisotopic (exact) mass is 83.0 g/mol. The molecule has 0 aliphatic heterocycles. The fraction of sp³-hybridized carbons (Fsp3) is 0.250. The number of ether oxygens (including phenoxy) is 1. The van der Waals surface area contributed by atoms with Gasteiger partial charge in [-0.15, -0.1) is 0 Å². The molecule has 0 aromatic heterocycles. The first-order chi connectivity index (χ1) is 2.91. The molecule has 0 saturated heterocycles. The van der Waals surface area contributed by atoms with E-state index < -0.39 is 0 Å². The minimum atomic E-state index is 1.26. The van der Waals surface area contributed by atoms with Crippen LogP contribution < -0.4 is 0 Å². The highest BCUT2D eigenvalue weighted by Gasteiger charge is 1.55. The normalized spacial score (nSPS) is 8.00. The molecule has 32 valence electrons. The van der Waals surface area contributed by atoms with Gasteiger partial charge in [0.15, 0.2) is 0 Å². The van der Waals surface area contributed by atoms with Crippen molar-refractivity contribution in [1.29, 1.82) is 5.26 Å². The Balaban J connectivity index is 3.02. The van der Waals surface area contributed by atoms with Gasteiger partial charge >= 0.3 is 0 Å². The molecule has 0 radical (unpaired) electrons. The van der Waals surface area contributed by atoms with Gasteiger partial charge < -0.3 is 4.74 Å². The van der Waals surface area contributed by atoms with Crippen molar-refractivity contribution in [1.82, 2.24) is 0 Å². The Labute approximate surface area is 36.7 Å². The summed E-state index contributed by atoms with van der Waals surface area (Å²) in [5.41, 5.74) is 0. The summed E-state index contributed by atoms with van der Waals surface area (Å²) in [6, 6.07) is 1.76. The molecule has 0 heterocycles. The molecule has 0 aromatic rings. The molecule has 0 amide bonds. The first-order valence-corrected chi connectivity index (χ1v) is 1.49. The van der Waals surface area contributed by atoms with E-state index in [-0.39, 0.29) is 0 Å². The number of hydrogen-bond acceptors (Lipinski definition) is 2. The van der Waals surface area contributed by atoms with Gasteiger partial charge in [-0.25, -0.2) is 0 Å². The van der Waals surface area contributed by atoms with Crippen LogP contribution in [0, 0.1) is 11.3 Å². The maximum atomic E-state index is 7.78. The van der Waals surface area contributed by atoms with E-state index in [4.69, 9.17) is 5.26 Å². The average molecular weight is 83.1 g/mol. The first kappa shape index (κ1) is 5.03. The van der Waals surface area contributed by atoms with Crippen molar-refractivity contribution < 1.29 is 4.74 Å². The summed E-state index contributed by atoms with van der Waals surface area (Å²) in [6.07, 6.45) is 2.58. The predicted octanol–water partition coefficient (Wildman–Crippen LogP) is 0.670. The first-order valence-electron chi connectivity index (χ1n) is 1.49. The van der Waals surface area contributed by atoms with Crippen molar-refractivity contribution in [3.05, 3.63) is 12.3 Å². The van der Waals surface area contributed by atoms with Crippen LogP contribution >= 0.6 is 0 Å². The minimum absolute atomic E-state index is 1.26. The molecule has 0 bridgehead atoms. The van der Waals surface area contributed by atoms with Gasteiger partial charge in [0.2, 0.25) is 0 Å².